The maximum absolute atomic E-state index is 12.1. The van der Waals surface area contributed by atoms with Crippen molar-refractivity contribution in [2.45, 2.75) is 20.4 Å². The van der Waals surface area contributed by atoms with Gasteiger partial charge in [-0.15, -0.1) is 0 Å². The van der Waals surface area contributed by atoms with E-state index < -0.39 is 0 Å². The zero-order valence-electron chi connectivity index (χ0n) is 10.8. The number of nitrogen functional groups attached to an aromatic ring is 1. The number of hydrogen-bond acceptors (Lipinski definition) is 3. The molecule has 0 saturated carbocycles. The van der Waals surface area contributed by atoms with Crippen LogP contribution in [0.3, 0.4) is 0 Å². The molecule has 0 bridgehead atoms. The van der Waals surface area contributed by atoms with Gasteiger partial charge in [0.05, 0.1) is 18.5 Å². The number of rotatable bonds is 3. The average molecular weight is 247 g/mol. The largest absolute Gasteiger partial charge is 0.497 e. The Morgan fingerprint density at radius 1 is 1.39 bits per heavy atom. The number of benzene rings is 1. The molecule has 0 atom stereocenters. The standard InChI is InChI=1S/C13H17N3O2/c1-4-15-9(2)12(14)13(17)16(15)10-6-5-7-11(8-10)18-3/h5-8H,4,14H2,1-3H3. The van der Waals surface area contributed by atoms with E-state index >= 15 is 0 Å². The summed E-state index contributed by atoms with van der Waals surface area (Å²) in [5.74, 6) is 0.708. The summed E-state index contributed by atoms with van der Waals surface area (Å²) in [4.78, 5) is 12.1. The van der Waals surface area contributed by atoms with Crippen molar-refractivity contribution >= 4 is 5.69 Å². The van der Waals surface area contributed by atoms with E-state index in [0.29, 0.717) is 18.0 Å². The predicted octanol–water partition coefficient (Wildman–Crippen LogP) is 1.56. The van der Waals surface area contributed by atoms with Crippen LogP contribution in [0.25, 0.3) is 5.69 Å². The van der Waals surface area contributed by atoms with Gasteiger partial charge in [-0.2, -0.15) is 0 Å². The van der Waals surface area contributed by atoms with Gasteiger partial charge in [-0.05, 0) is 26.0 Å². The second-order valence-electron chi connectivity index (χ2n) is 4.03. The smallest absolute Gasteiger partial charge is 0.294 e. The van der Waals surface area contributed by atoms with Crippen molar-refractivity contribution in [1.82, 2.24) is 9.36 Å². The molecule has 5 nitrogen and oxygen atoms in total. The lowest BCUT2D eigenvalue weighted by molar-refractivity contribution is 0.414. The van der Waals surface area contributed by atoms with Crippen LogP contribution in [0.15, 0.2) is 29.1 Å². The SMILES string of the molecule is CCn1c(C)c(N)c(=O)n1-c1cccc(OC)c1. The second kappa shape index (κ2) is 4.60. The lowest BCUT2D eigenvalue weighted by atomic mass is 10.3. The molecule has 0 fully saturated rings. The molecule has 2 N–H and O–H groups in total. The first-order valence-corrected chi connectivity index (χ1v) is 5.82. The quantitative estimate of drug-likeness (QED) is 0.895. The molecule has 0 spiro atoms. The van der Waals surface area contributed by atoms with Gasteiger partial charge in [-0.1, -0.05) is 6.07 Å². The minimum Gasteiger partial charge on any atom is -0.497 e. The van der Waals surface area contributed by atoms with Crippen molar-refractivity contribution < 1.29 is 4.74 Å². The number of ether oxygens (including phenoxy) is 1. The summed E-state index contributed by atoms with van der Waals surface area (Å²) in [5, 5.41) is 0. The molecule has 1 aromatic carbocycles. The van der Waals surface area contributed by atoms with Gasteiger partial charge in [0.15, 0.2) is 0 Å². The molecule has 2 aromatic rings. The summed E-state index contributed by atoms with van der Waals surface area (Å²) in [7, 11) is 1.60. The molecule has 0 aliphatic carbocycles. The Labute approximate surface area is 105 Å². The summed E-state index contributed by atoms with van der Waals surface area (Å²) >= 11 is 0. The second-order valence-corrected chi connectivity index (χ2v) is 4.03. The van der Waals surface area contributed by atoms with E-state index in [9.17, 15) is 4.79 Å². The van der Waals surface area contributed by atoms with Gasteiger partial charge < -0.3 is 10.5 Å². The van der Waals surface area contributed by atoms with E-state index in [1.54, 1.807) is 11.8 Å². The fourth-order valence-electron chi connectivity index (χ4n) is 2.04. The van der Waals surface area contributed by atoms with Crippen LogP contribution in [-0.4, -0.2) is 16.5 Å². The van der Waals surface area contributed by atoms with Crippen LogP contribution in [0.2, 0.25) is 0 Å². The first-order valence-electron chi connectivity index (χ1n) is 5.82. The topological polar surface area (TPSA) is 62.2 Å². The predicted molar refractivity (Wildman–Crippen MR) is 71.4 cm³/mol. The molecule has 1 aromatic heterocycles. The zero-order valence-corrected chi connectivity index (χ0v) is 10.8. The summed E-state index contributed by atoms with van der Waals surface area (Å²) < 4.78 is 8.60. The Balaban J connectivity index is 2.70. The van der Waals surface area contributed by atoms with E-state index in [1.807, 2.05) is 42.8 Å². The Morgan fingerprint density at radius 3 is 2.72 bits per heavy atom. The maximum Gasteiger partial charge on any atom is 0.294 e. The fourth-order valence-corrected chi connectivity index (χ4v) is 2.04. The summed E-state index contributed by atoms with van der Waals surface area (Å²) in [6, 6.07) is 7.35. The Morgan fingerprint density at radius 2 is 2.11 bits per heavy atom. The number of anilines is 1. The molecule has 1 heterocycles. The number of hydrogen-bond donors (Lipinski definition) is 1. The van der Waals surface area contributed by atoms with Gasteiger partial charge in [0.2, 0.25) is 0 Å². The van der Waals surface area contributed by atoms with E-state index in [2.05, 4.69) is 0 Å². The van der Waals surface area contributed by atoms with Crippen molar-refractivity contribution in [3.05, 3.63) is 40.3 Å². The summed E-state index contributed by atoms with van der Waals surface area (Å²) in [5.41, 5.74) is 7.43. The van der Waals surface area contributed by atoms with Crippen LogP contribution in [0.5, 0.6) is 5.75 Å². The van der Waals surface area contributed by atoms with Crippen molar-refractivity contribution in [2.75, 3.05) is 12.8 Å². The number of nitrogens with zero attached hydrogens (tertiary/aromatic N) is 2. The van der Waals surface area contributed by atoms with Crippen LogP contribution in [0.1, 0.15) is 12.6 Å². The third-order valence-electron chi connectivity index (χ3n) is 3.04. The van der Waals surface area contributed by atoms with Gasteiger partial charge in [0.25, 0.3) is 5.56 Å². The third kappa shape index (κ3) is 1.77. The van der Waals surface area contributed by atoms with Crippen LogP contribution < -0.4 is 16.0 Å². The number of nitrogens with two attached hydrogens (primary N) is 1. The van der Waals surface area contributed by atoms with Gasteiger partial charge in [-0.3, -0.25) is 9.48 Å². The van der Waals surface area contributed by atoms with Crippen molar-refractivity contribution in [2.24, 2.45) is 0 Å². The lowest BCUT2D eigenvalue weighted by Gasteiger charge is -2.11. The molecule has 96 valence electrons. The molecule has 0 unspecified atom stereocenters. The van der Waals surface area contributed by atoms with Gasteiger partial charge in [0.1, 0.15) is 11.4 Å². The fraction of sp³-hybridized carbons (Fsp3) is 0.308. The normalized spacial score (nSPS) is 10.6. The van der Waals surface area contributed by atoms with Crippen molar-refractivity contribution in [1.29, 1.82) is 0 Å². The molecule has 0 aliphatic rings. The molecule has 5 heteroatoms. The minimum atomic E-state index is -0.192. The van der Waals surface area contributed by atoms with E-state index in [4.69, 9.17) is 10.5 Å². The van der Waals surface area contributed by atoms with E-state index in [1.165, 1.54) is 0 Å². The highest BCUT2D eigenvalue weighted by molar-refractivity contribution is 5.46. The molecule has 0 saturated heterocycles. The van der Waals surface area contributed by atoms with E-state index in [-0.39, 0.29) is 5.56 Å². The molecule has 18 heavy (non-hydrogen) atoms. The van der Waals surface area contributed by atoms with Crippen LogP contribution in [-0.2, 0) is 6.54 Å². The van der Waals surface area contributed by atoms with Crippen LogP contribution in [0, 0.1) is 6.92 Å². The molecule has 0 amide bonds. The highest BCUT2D eigenvalue weighted by atomic mass is 16.5. The first kappa shape index (κ1) is 12.3. The molecular weight excluding hydrogens is 230 g/mol. The zero-order chi connectivity index (χ0) is 13.3. The summed E-state index contributed by atoms with van der Waals surface area (Å²) in [6.45, 7) is 4.49. The molecular formula is C13H17N3O2. The Hall–Kier alpha value is -2.17. The van der Waals surface area contributed by atoms with Crippen molar-refractivity contribution in [3.63, 3.8) is 0 Å². The molecule has 0 radical (unpaired) electrons. The van der Waals surface area contributed by atoms with Gasteiger partial charge in [0, 0.05) is 12.6 Å². The highest BCUT2D eigenvalue weighted by Crippen LogP contribution is 2.17. The third-order valence-corrected chi connectivity index (χ3v) is 3.04. The number of aromatic nitrogens is 2. The Bertz CT molecular complexity index is 626. The first-order chi connectivity index (χ1) is 8.60. The number of methoxy groups -OCH3 is 1. The van der Waals surface area contributed by atoms with Crippen LogP contribution >= 0.6 is 0 Å². The van der Waals surface area contributed by atoms with Crippen molar-refractivity contribution in [3.8, 4) is 11.4 Å². The molecule has 2 rings (SSSR count). The van der Waals surface area contributed by atoms with E-state index in [0.717, 1.165) is 11.4 Å². The van der Waals surface area contributed by atoms with Crippen LogP contribution in [0.4, 0.5) is 5.69 Å². The monoisotopic (exact) mass is 247 g/mol. The minimum absolute atomic E-state index is 0.192. The summed E-state index contributed by atoms with van der Waals surface area (Å²) in [6.07, 6.45) is 0. The van der Waals surface area contributed by atoms with Gasteiger partial charge >= 0.3 is 0 Å². The van der Waals surface area contributed by atoms with Gasteiger partial charge in [-0.25, -0.2) is 4.68 Å². The highest BCUT2D eigenvalue weighted by Gasteiger charge is 2.14. The average Bonchev–Trinajstić information content (AvgIpc) is 2.62. The lowest BCUT2D eigenvalue weighted by Crippen LogP contribution is -2.21. The Kier molecular flexibility index (Phi) is 3.14. The molecule has 0 aliphatic heterocycles. The maximum atomic E-state index is 12.1.